The first-order valence-electron chi connectivity index (χ1n) is 8.48. The van der Waals surface area contributed by atoms with E-state index in [1.807, 2.05) is 30.3 Å². The molecule has 0 aliphatic carbocycles. The lowest BCUT2D eigenvalue weighted by atomic mass is 10.1. The van der Waals surface area contributed by atoms with Crippen LogP contribution in [0.1, 0.15) is 16.8 Å². The van der Waals surface area contributed by atoms with Crippen molar-refractivity contribution in [2.24, 2.45) is 0 Å². The van der Waals surface area contributed by atoms with Gasteiger partial charge in [-0.1, -0.05) is 27.5 Å². The zero-order chi connectivity index (χ0) is 19.0. The molecule has 0 bridgehead atoms. The molecule has 0 unspecified atom stereocenters. The minimum absolute atomic E-state index is 0.442. The Hall–Kier alpha value is -2.44. The van der Waals surface area contributed by atoms with Gasteiger partial charge in [0.1, 0.15) is 0 Å². The summed E-state index contributed by atoms with van der Waals surface area (Å²) in [5.74, 6) is -0.908. The molecule has 4 rings (SSSR count). The van der Waals surface area contributed by atoms with E-state index >= 15 is 0 Å². The number of ketones is 1. The molecular weight excluding hydrogens is 430 g/mol. The van der Waals surface area contributed by atoms with E-state index in [1.165, 1.54) is 0 Å². The molecule has 0 spiro atoms. The van der Waals surface area contributed by atoms with Gasteiger partial charge in [0, 0.05) is 39.9 Å². The molecular formula is C20H15BrClN3O2. The van der Waals surface area contributed by atoms with Crippen LogP contribution in [0.4, 0.5) is 11.4 Å². The summed E-state index contributed by atoms with van der Waals surface area (Å²) in [6.45, 7) is 1.12. The summed E-state index contributed by atoms with van der Waals surface area (Å²) < 4.78 is 0.841. The van der Waals surface area contributed by atoms with Gasteiger partial charge in [0.05, 0.1) is 16.8 Å². The van der Waals surface area contributed by atoms with E-state index in [0.717, 1.165) is 21.1 Å². The highest BCUT2D eigenvalue weighted by molar-refractivity contribution is 9.10. The predicted octanol–water partition coefficient (Wildman–Crippen LogP) is 4.68. The van der Waals surface area contributed by atoms with E-state index in [2.05, 4.69) is 26.2 Å². The maximum Gasteiger partial charge on any atom is 0.299 e. The zero-order valence-electron chi connectivity index (χ0n) is 14.2. The number of aromatic nitrogens is 1. The van der Waals surface area contributed by atoms with E-state index in [-0.39, 0.29) is 0 Å². The molecule has 0 saturated heterocycles. The van der Waals surface area contributed by atoms with Crippen molar-refractivity contribution < 1.29 is 9.59 Å². The Kier molecular flexibility index (Phi) is 4.85. The number of benzene rings is 2. The molecule has 1 aliphatic heterocycles. The highest BCUT2D eigenvalue weighted by Gasteiger charge is 2.35. The molecule has 0 radical (unpaired) electrons. The number of Topliss-reactive ketones (excluding diaryl/α,β-unsaturated/α-hetero) is 1. The molecule has 1 N–H and O–H groups in total. The fraction of sp³-hybridized carbons (Fsp3) is 0.150. The number of hydrogen-bond donors (Lipinski definition) is 1. The highest BCUT2D eigenvalue weighted by atomic mass is 79.9. The smallest absolute Gasteiger partial charge is 0.299 e. The Bertz CT molecular complexity index is 1070. The minimum atomic E-state index is -0.466. The molecule has 136 valence electrons. The van der Waals surface area contributed by atoms with Crippen LogP contribution in [-0.2, 0) is 4.79 Å². The Morgan fingerprint density at radius 1 is 1.11 bits per heavy atom. The first-order valence-corrected chi connectivity index (χ1v) is 9.65. The van der Waals surface area contributed by atoms with Crippen molar-refractivity contribution in [3.8, 4) is 0 Å². The number of fused-ring (bicyclic) bond motifs is 2. The van der Waals surface area contributed by atoms with Crippen molar-refractivity contribution in [3.05, 3.63) is 63.7 Å². The first-order chi connectivity index (χ1) is 13.0. The molecule has 3 aromatic rings. The maximum absolute atomic E-state index is 12.3. The number of halogens is 2. The number of nitrogens with one attached hydrogen (secondary N) is 1. The topological polar surface area (TPSA) is 62.3 Å². The second-order valence-electron chi connectivity index (χ2n) is 6.25. The molecule has 7 heteroatoms. The number of anilines is 2. The van der Waals surface area contributed by atoms with Gasteiger partial charge >= 0.3 is 0 Å². The molecule has 1 aliphatic rings. The summed E-state index contributed by atoms with van der Waals surface area (Å²) in [7, 11) is 0. The normalized spacial score (nSPS) is 13.3. The van der Waals surface area contributed by atoms with Crippen LogP contribution in [0.3, 0.4) is 0 Å². The third-order valence-corrected chi connectivity index (χ3v) is 5.24. The number of amides is 1. The second kappa shape index (κ2) is 7.29. The molecule has 1 amide bonds. The summed E-state index contributed by atoms with van der Waals surface area (Å²) in [5.41, 5.74) is 2.92. The Labute approximate surface area is 169 Å². The third-order valence-electron chi connectivity index (χ3n) is 4.51. The van der Waals surface area contributed by atoms with Crippen molar-refractivity contribution >= 4 is 61.5 Å². The maximum atomic E-state index is 12.3. The standard InChI is InChI=1S/C20H15BrClN3O2/c21-12-2-4-15-18(10-12)25(20(27)19(15)26)9-1-7-23-16-6-8-24-17-11-13(22)3-5-14(16)17/h2-6,8,10-11H,1,7,9H2,(H,23,24). The van der Waals surface area contributed by atoms with Gasteiger partial charge < -0.3 is 10.2 Å². The summed E-state index contributed by atoms with van der Waals surface area (Å²) in [6, 6.07) is 12.8. The van der Waals surface area contributed by atoms with Gasteiger partial charge in [0.2, 0.25) is 0 Å². The Morgan fingerprint density at radius 3 is 2.81 bits per heavy atom. The van der Waals surface area contributed by atoms with Crippen molar-refractivity contribution in [1.82, 2.24) is 4.98 Å². The Morgan fingerprint density at radius 2 is 1.96 bits per heavy atom. The fourth-order valence-electron chi connectivity index (χ4n) is 3.22. The van der Waals surface area contributed by atoms with E-state index < -0.39 is 11.7 Å². The van der Waals surface area contributed by atoms with Gasteiger partial charge in [-0.15, -0.1) is 0 Å². The summed E-state index contributed by atoms with van der Waals surface area (Å²) in [5, 5.41) is 5.01. The van der Waals surface area contributed by atoms with Gasteiger partial charge in [0.25, 0.3) is 11.7 Å². The molecule has 1 aromatic heterocycles. The van der Waals surface area contributed by atoms with Gasteiger partial charge in [0.15, 0.2) is 0 Å². The quantitative estimate of drug-likeness (QED) is 0.458. The van der Waals surface area contributed by atoms with Crippen molar-refractivity contribution in [1.29, 1.82) is 0 Å². The number of rotatable bonds is 5. The van der Waals surface area contributed by atoms with Crippen LogP contribution >= 0.6 is 27.5 Å². The first kappa shape index (κ1) is 17.9. The third kappa shape index (κ3) is 3.42. The summed E-state index contributed by atoms with van der Waals surface area (Å²) >= 11 is 9.42. The number of hydrogen-bond acceptors (Lipinski definition) is 4. The summed E-state index contributed by atoms with van der Waals surface area (Å²) in [4.78, 5) is 30.2. The lowest BCUT2D eigenvalue weighted by molar-refractivity contribution is -0.114. The van der Waals surface area contributed by atoms with Crippen LogP contribution in [0.25, 0.3) is 10.9 Å². The Balaban J connectivity index is 1.44. The average molecular weight is 445 g/mol. The molecule has 5 nitrogen and oxygen atoms in total. The van der Waals surface area contributed by atoms with Gasteiger partial charge in [-0.2, -0.15) is 0 Å². The lowest BCUT2D eigenvalue weighted by Crippen LogP contribution is -2.31. The molecule has 2 aromatic carbocycles. The van der Waals surface area contributed by atoms with Crippen LogP contribution in [0.2, 0.25) is 5.02 Å². The molecule has 0 atom stereocenters. The van der Waals surface area contributed by atoms with Crippen LogP contribution in [0.5, 0.6) is 0 Å². The van der Waals surface area contributed by atoms with Crippen LogP contribution in [0.15, 0.2) is 53.1 Å². The van der Waals surface area contributed by atoms with Gasteiger partial charge in [-0.3, -0.25) is 14.6 Å². The van der Waals surface area contributed by atoms with Crippen LogP contribution in [0, 0.1) is 0 Å². The number of pyridine rings is 1. The molecule has 0 fully saturated rings. The number of nitrogens with zero attached hydrogens (tertiary/aromatic N) is 2. The SMILES string of the molecule is O=C1C(=O)N(CCCNc2ccnc3cc(Cl)ccc23)c2cc(Br)ccc21. The molecule has 2 heterocycles. The van der Waals surface area contributed by atoms with Crippen LogP contribution < -0.4 is 10.2 Å². The van der Waals surface area contributed by atoms with Crippen molar-refractivity contribution in [2.75, 3.05) is 23.3 Å². The summed E-state index contributed by atoms with van der Waals surface area (Å²) in [6.07, 6.45) is 2.43. The van der Waals surface area contributed by atoms with E-state index in [9.17, 15) is 9.59 Å². The largest absolute Gasteiger partial charge is 0.384 e. The molecule has 27 heavy (non-hydrogen) atoms. The van der Waals surface area contributed by atoms with Crippen LogP contribution in [-0.4, -0.2) is 29.8 Å². The average Bonchev–Trinajstić information content (AvgIpc) is 2.89. The highest BCUT2D eigenvalue weighted by Crippen LogP contribution is 2.32. The lowest BCUT2D eigenvalue weighted by Gasteiger charge is -2.17. The fourth-order valence-corrected chi connectivity index (χ4v) is 3.74. The van der Waals surface area contributed by atoms with Gasteiger partial charge in [-0.25, -0.2) is 0 Å². The van der Waals surface area contributed by atoms with Gasteiger partial charge in [-0.05, 0) is 48.9 Å². The monoisotopic (exact) mass is 443 g/mol. The van der Waals surface area contributed by atoms with Crippen molar-refractivity contribution in [2.45, 2.75) is 6.42 Å². The molecule has 0 saturated carbocycles. The van der Waals surface area contributed by atoms with E-state index in [4.69, 9.17) is 11.6 Å². The van der Waals surface area contributed by atoms with E-state index in [0.29, 0.717) is 35.8 Å². The second-order valence-corrected chi connectivity index (χ2v) is 7.60. The minimum Gasteiger partial charge on any atom is -0.384 e. The number of carbonyl (C=O) groups excluding carboxylic acids is 2. The van der Waals surface area contributed by atoms with Crippen molar-refractivity contribution in [3.63, 3.8) is 0 Å². The van der Waals surface area contributed by atoms with E-state index in [1.54, 1.807) is 23.2 Å². The number of carbonyl (C=O) groups is 2. The predicted molar refractivity (Wildman–Crippen MR) is 111 cm³/mol. The zero-order valence-corrected chi connectivity index (χ0v) is 16.5.